The van der Waals surface area contributed by atoms with Crippen molar-refractivity contribution < 1.29 is 4.79 Å². The molecule has 0 atom stereocenters. The molecule has 0 heterocycles. The summed E-state index contributed by atoms with van der Waals surface area (Å²) in [6.07, 6.45) is 0. The highest BCUT2D eigenvalue weighted by Crippen LogP contribution is 2.09. The summed E-state index contributed by atoms with van der Waals surface area (Å²) >= 11 is 0. The number of nitriles is 1. The van der Waals surface area contributed by atoms with E-state index in [0.29, 0.717) is 17.8 Å². The molecule has 0 radical (unpaired) electrons. The molecule has 0 saturated heterocycles. The van der Waals surface area contributed by atoms with Crippen LogP contribution >= 0.6 is 0 Å². The van der Waals surface area contributed by atoms with Gasteiger partial charge in [0.15, 0.2) is 0 Å². The molecular weight excluding hydrogens is 202 g/mol. The van der Waals surface area contributed by atoms with Gasteiger partial charge in [-0.2, -0.15) is 5.26 Å². The largest absolute Gasteiger partial charge is 0.325 e. The molecule has 0 aliphatic rings. The lowest BCUT2D eigenvalue weighted by molar-refractivity contribution is -0.117. The number of nitrogens with zero attached hydrogens (tertiary/aromatic N) is 2. The predicted octanol–water partition coefficient (Wildman–Crippen LogP) is 1.45. The Kier molecular flexibility index (Phi) is 4.49. The Morgan fingerprint density at radius 2 is 2.31 bits per heavy atom. The van der Waals surface area contributed by atoms with Crippen LogP contribution in [0, 0.1) is 11.3 Å². The molecule has 0 unspecified atom stereocenters. The van der Waals surface area contributed by atoms with E-state index in [1.54, 1.807) is 24.3 Å². The molecule has 4 heteroatoms. The van der Waals surface area contributed by atoms with Crippen LogP contribution in [0.15, 0.2) is 24.3 Å². The van der Waals surface area contributed by atoms with Gasteiger partial charge in [0.25, 0.3) is 0 Å². The third-order valence-corrected chi connectivity index (χ3v) is 2.23. The quantitative estimate of drug-likeness (QED) is 0.830. The average molecular weight is 217 g/mol. The molecule has 0 aliphatic carbocycles. The summed E-state index contributed by atoms with van der Waals surface area (Å²) in [5, 5.41) is 11.5. The molecule has 0 spiro atoms. The van der Waals surface area contributed by atoms with Crippen molar-refractivity contribution in [3.8, 4) is 6.07 Å². The van der Waals surface area contributed by atoms with E-state index in [1.165, 1.54) is 0 Å². The number of carbonyl (C=O) groups excluding carboxylic acids is 1. The van der Waals surface area contributed by atoms with Crippen LogP contribution in [0.5, 0.6) is 0 Å². The molecule has 16 heavy (non-hydrogen) atoms. The van der Waals surface area contributed by atoms with Crippen LogP contribution in [0.2, 0.25) is 0 Å². The highest BCUT2D eigenvalue weighted by atomic mass is 16.2. The zero-order valence-corrected chi connectivity index (χ0v) is 9.53. The molecule has 1 N–H and O–H groups in total. The maximum absolute atomic E-state index is 11.5. The highest BCUT2D eigenvalue weighted by Gasteiger charge is 2.05. The summed E-state index contributed by atoms with van der Waals surface area (Å²) in [4.78, 5) is 13.5. The minimum absolute atomic E-state index is 0.0700. The fourth-order valence-electron chi connectivity index (χ4n) is 1.22. The molecule has 1 rings (SSSR count). The Morgan fingerprint density at radius 1 is 1.56 bits per heavy atom. The Hall–Kier alpha value is -1.86. The van der Waals surface area contributed by atoms with Gasteiger partial charge in [0.1, 0.15) is 0 Å². The molecule has 0 aromatic heterocycles. The summed E-state index contributed by atoms with van der Waals surface area (Å²) in [6, 6.07) is 8.91. The lowest BCUT2D eigenvalue weighted by Gasteiger charge is -2.13. The zero-order chi connectivity index (χ0) is 12.0. The molecular formula is C12H15N3O. The van der Waals surface area contributed by atoms with Gasteiger partial charge in [-0.15, -0.1) is 0 Å². The molecule has 0 fully saturated rings. The van der Waals surface area contributed by atoms with Crippen molar-refractivity contribution in [2.24, 2.45) is 0 Å². The summed E-state index contributed by atoms with van der Waals surface area (Å²) < 4.78 is 0. The number of hydrogen-bond acceptors (Lipinski definition) is 3. The fraction of sp³-hybridized carbons (Fsp3) is 0.333. The van der Waals surface area contributed by atoms with Gasteiger partial charge in [0.05, 0.1) is 18.2 Å². The van der Waals surface area contributed by atoms with Crippen LogP contribution < -0.4 is 5.32 Å². The summed E-state index contributed by atoms with van der Waals surface area (Å²) in [7, 11) is 1.88. The average Bonchev–Trinajstić information content (AvgIpc) is 2.28. The summed E-state index contributed by atoms with van der Waals surface area (Å²) in [5.74, 6) is -0.0700. The van der Waals surface area contributed by atoms with Crippen LogP contribution in [0.25, 0.3) is 0 Å². The van der Waals surface area contributed by atoms with Gasteiger partial charge in [-0.25, -0.2) is 0 Å². The molecule has 4 nitrogen and oxygen atoms in total. The number of benzene rings is 1. The lowest BCUT2D eigenvalue weighted by atomic mass is 10.2. The van der Waals surface area contributed by atoms with Crippen LogP contribution in [0.4, 0.5) is 5.69 Å². The smallest absolute Gasteiger partial charge is 0.238 e. The number of anilines is 1. The van der Waals surface area contributed by atoms with Crippen LogP contribution in [-0.4, -0.2) is 30.9 Å². The Balaban J connectivity index is 2.60. The van der Waals surface area contributed by atoms with Gasteiger partial charge < -0.3 is 5.32 Å². The SMILES string of the molecule is CCN(C)CC(=O)Nc1cccc(C#N)c1. The Labute approximate surface area is 95.5 Å². The van der Waals surface area contributed by atoms with Crippen molar-refractivity contribution in [2.45, 2.75) is 6.92 Å². The van der Waals surface area contributed by atoms with Gasteiger partial charge in [0, 0.05) is 5.69 Å². The standard InChI is InChI=1S/C12H15N3O/c1-3-15(2)9-12(16)14-11-6-4-5-10(7-11)8-13/h4-7H,3,9H2,1-2H3,(H,14,16). The van der Waals surface area contributed by atoms with Crippen LogP contribution in [0.3, 0.4) is 0 Å². The first kappa shape index (κ1) is 12.2. The second kappa shape index (κ2) is 5.89. The van der Waals surface area contributed by atoms with Crippen molar-refractivity contribution in [1.29, 1.82) is 5.26 Å². The van der Waals surface area contributed by atoms with E-state index in [0.717, 1.165) is 6.54 Å². The Bertz CT molecular complexity index is 409. The van der Waals surface area contributed by atoms with Gasteiger partial charge in [0.2, 0.25) is 5.91 Å². The predicted molar refractivity (Wildman–Crippen MR) is 63.0 cm³/mol. The molecule has 84 valence electrons. The number of likely N-dealkylation sites (N-methyl/N-ethyl adjacent to an activating group) is 1. The maximum atomic E-state index is 11.5. The third kappa shape index (κ3) is 3.71. The van der Waals surface area contributed by atoms with Gasteiger partial charge in [-0.3, -0.25) is 9.69 Å². The first-order valence-electron chi connectivity index (χ1n) is 5.14. The molecule has 0 aliphatic heterocycles. The van der Waals surface area contributed by atoms with Crippen LogP contribution in [-0.2, 0) is 4.79 Å². The molecule has 0 saturated carbocycles. The zero-order valence-electron chi connectivity index (χ0n) is 9.53. The van der Waals surface area contributed by atoms with E-state index < -0.39 is 0 Å². The van der Waals surface area contributed by atoms with E-state index >= 15 is 0 Å². The first-order chi connectivity index (χ1) is 7.65. The number of amides is 1. The van der Waals surface area contributed by atoms with E-state index in [4.69, 9.17) is 5.26 Å². The number of rotatable bonds is 4. The summed E-state index contributed by atoms with van der Waals surface area (Å²) in [6.45, 7) is 3.17. The van der Waals surface area contributed by atoms with E-state index in [1.807, 2.05) is 24.9 Å². The minimum atomic E-state index is -0.0700. The van der Waals surface area contributed by atoms with E-state index in [9.17, 15) is 4.79 Å². The molecule has 1 aromatic carbocycles. The van der Waals surface area contributed by atoms with Crippen molar-refractivity contribution >= 4 is 11.6 Å². The topological polar surface area (TPSA) is 56.1 Å². The Morgan fingerprint density at radius 3 is 2.94 bits per heavy atom. The van der Waals surface area contributed by atoms with Crippen molar-refractivity contribution in [2.75, 3.05) is 25.5 Å². The third-order valence-electron chi connectivity index (χ3n) is 2.23. The normalized spacial score (nSPS) is 9.88. The van der Waals surface area contributed by atoms with Gasteiger partial charge >= 0.3 is 0 Å². The molecule has 1 amide bonds. The molecule has 1 aromatic rings. The number of carbonyl (C=O) groups is 1. The minimum Gasteiger partial charge on any atom is -0.325 e. The number of nitrogens with one attached hydrogen (secondary N) is 1. The summed E-state index contributed by atoms with van der Waals surface area (Å²) in [5.41, 5.74) is 1.20. The maximum Gasteiger partial charge on any atom is 0.238 e. The fourth-order valence-corrected chi connectivity index (χ4v) is 1.22. The van der Waals surface area contributed by atoms with Crippen molar-refractivity contribution in [3.63, 3.8) is 0 Å². The number of hydrogen-bond donors (Lipinski definition) is 1. The van der Waals surface area contributed by atoms with Gasteiger partial charge in [-0.1, -0.05) is 13.0 Å². The van der Waals surface area contributed by atoms with Crippen molar-refractivity contribution in [3.05, 3.63) is 29.8 Å². The van der Waals surface area contributed by atoms with E-state index in [2.05, 4.69) is 5.32 Å². The van der Waals surface area contributed by atoms with E-state index in [-0.39, 0.29) is 5.91 Å². The lowest BCUT2D eigenvalue weighted by Crippen LogP contribution is -2.29. The monoisotopic (exact) mass is 217 g/mol. The first-order valence-corrected chi connectivity index (χ1v) is 5.14. The highest BCUT2D eigenvalue weighted by molar-refractivity contribution is 5.92. The molecule has 0 bridgehead atoms. The van der Waals surface area contributed by atoms with Gasteiger partial charge in [-0.05, 0) is 31.8 Å². The van der Waals surface area contributed by atoms with Crippen LogP contribution in [0.1, 0.15) is 12.5 Å². The second-order valence-corrected chi connectivity index (χ2v) is 3.57. The van der Waals surface area contributed by atoms with Crippen molar-refractivity contribution in [1.82, 2.24) is 4.90 Å². The second-order valence-electron chi connectivity index (χ2n) is 3.57.